The molecule has 1 saturated carbocycles. The van der Waals surface area contributed by atoms with Crippen molar-refractivity contribution in [3.63, 3.8) is 0 Å². The van der Waals surface area contributed by atoms with Crippen molar-refractivity contribution < 1.29 is 14.7 Å². The maximum absolute atomic E-state index is 12.1. The zero-order valence-corrected chi connectivity index (χ0v) is 11.5. The monoisotopic (exact) mass is 269 g/mol. The molecule has 0 aromatic heterocycles. The summed E-state index contributed by atoms with van der Waals surface area (Å²) in [5, 5.41) is 12.4. The minimum absolute atomic E-state index is 0.221. The molecule has 0 spiro atoms. The lowest BCUT2D eigenvalue weighted by atomic mass is 9.82. The molecule has 1 heterocycles. The van der Waals surface area contributed by atoms with Crippen LogP contribution < -0.4 is 5.32 Å². The number of hydrogen-bond acceptors (Lipinski definition) is 4. The third-order valence-corrected chi connectivity index (χ3v) is 3.90. The Labute approximate surface area is 113 Å². The minimum atomic E-state index is -0.428. The topological polar surface area (TPSA) is 72.9 Å². The van der Waals surface area contributed by atoms with E-state index in [4.69, 9.17) is 0 Å². The highest BCUT2D eigenvalue weighted by molar-refractivity contribution is 6.34. The summed E-state index contributed by atoms with van der Waals surface area (Å²) >= 11 is 0. The van der Waals surface area contributed by atoms with Crippen molar-refractivity contribution in [3.8, 4) is 0 Å². The number of nitrogens with zero attached hydrogens (tertiary/aromatic N) is 2. The minimum Gasteiger partial charge on any atom is -0.393 e. The Kier molecular flexibility index (Phi) is 4.76. The summed E-state index contributed by atoms with van der Waals surface area (Å²) in [4.78, 5) is 27.3. The maximum Gasteiger partial charge on any atom is 0.312 e. The molecule has 0 unspecified atom stereocenters. The molecule has 0 aromatic carbocycles. The lowest BCUT2D eigenvalue weighted by molar-refractivity contribution is -0.151. The molecule has 2 rings (SSSR count). The van der Waals surface area contributed by atoms with Gasteiger partial charge < -0.3 is 20.2 Å². The van der Waals surface area contributed by atoms with E-state index >= 15 is 0 Å². The third kappa shape index (κ3) is 3.67. The van der Waals surface area contributed by atoms with Gasteiger partial charge >= 0.3 is 11.8 Å². The summed E-state index contributed by atoms with van der Waals surface area (Å²) in [5.41, 5.74) is 0. The lowest BCUT2D eigenvalue weighted by Gasteiger charge is -2.34. The first-order valence-electron chi connectivity index (χ1n) is 7.01. The van der Waals surface area contributed by atoms with Gasteiger partial charge in [0.2, 0.25) is 0 Å². The van der Waals surface area contributed by atoms with E-state index in [0.717, 1.165) is 32.4 Å². The van der Waals surface area contributed by atoms with Crippen LogP contribution in [0, 0.1) is 5.92 Å². The molecule has 1 saturated heterocycles. The van der Waals surface area contributed by atoms with E-state index in [-0.39, 0.29) is 6.10 Å². The van der Waals surface area contributed by atoms with E-state index in [9.17, 15) is 14.7 Å². The molecular formula is C13H23N3O3. The molecule has 2 amide bonds. The lowest BCUT2D eigenvalue weighted by Crippen LogP contribution is -2.47. The Bertz CT molecular complexity index is 334. The Hall–Kier alpha value is -1.14. The molecule has 2 N–H and O–H groups in total. The second-order valence-corrected chi connectivity index (χ2v) is 5.57. The van der Waals surface area contributed by atoms with Gasteiger partial charge in [-0.25, -0.2) is 0 Å². The molecule has 0 aromatic rings. The van der Waals surface area contributed by atoms with Crippen LogP contribution in [-0.2, 0) is 9.59 Å². The normalized spacial score (nSPS) is 27.4. The summed E-state index contributed by atoms with van der Waals surface area (Å²) in [7, 11) is 1.67. The Morgan fingerprint density at radius 2 is 2.05 bits per heavy atom. The first-order chi connectivity index (χ1) is 9.08. The molecule has 6 nitrogen and oxygen atoms in total. The van der Waals surface area contributed by atoms with Gasteiger partial charge in [0, 0.05) is 33.2 Å². The molecule has 2 aliphatic rings. The predicted octanol–water partition coefficient (Wildman–Crippen LogP) is -0.962. The van der Waals surface area contributed by atoms with Crippen LogP contribution in [0.25, 0.3) is 0 Å². The molecule has 2 fully saturated rings. The standard InChI is InChI=1S/C13H23N3O3/c1-15(9-10-7-11(17)8-10)12(18)13(19)16-5-2-3-14-4-6-16/h10-11,14,17H,2-9H2,1H3. The quantitative estimate of drug-likeness (QED) is 0.633. The Morgan fingerprint density at radius 3 is 2.74 bits per heavy atom. The van der Waals surface area contributed by atoms with Gasteiger partial charge in [-0.05, 0) is 31.7 Å². The van der Waals surface area contributed by atoms with Crippen LogP contribution in [0.2, 0.25) is 0 Å². The summed E-state index contributed by atoms with van der Waals surface area (Å²) < 4.78 is 0. The van der Waals surface area contributed by atoms with E-state index in [1.165, 1.54) is 4.90 Å². The highest BCUT2D eigenvalue weighted by Gasteiger charge is 2.31. The predicted molar refractivity (Wildman–Crippen MR) is 70.4 cm³/mol. The third-order valence-electron chi connectivity index (χ3n) is 3.90. The van der Waals surface area contributed by atoms with Crippen molar-refractivity contribution in [3.05, 3.63) is 0 Å². The first kappa shape index (κ1) is 14.3. The van der Waals surface area contributed by atoms with Crippen molar-refractivity contribution in [2.75, 3.05) is 39.8 Å². The zero-order valence-electron chi connectivity index (χ0n) is 11.5. The number of carbonyl (C=O) groups excluding carboxylic acids is 2. The van der Waals surface area contributed by atoms with Gasteiger partial charge in [0.25, 0.3) is 0 Å². The van der Waals surface area contributed by atoms with Gasteiger partial charge in [0.1, 0.15) is 0 Å². The number of aliphatic hydroxyl groups is 1. The van der Waals surface area contributed by atoms with Crippen molar-refractivity contribution in [1.82, 2.24) is 15.1 Å². The van der Waals surface area contributed by atoms with Crippen molar-refractivity contribution in [1.29, 1.82) is 0 Å². The summed E-state index contributed by atoms with van der Waals surface area (Å²) in [6, 6.07) is 0. The van der Waals surface area contributed by atoms with Crippen LogP contribution in [0.4, 0.5) is 0 Å². The molecule has 0 bridgehead atoms. The second-order valence-electron chi connectivity index (χ2n) is 5.57. The second kappa shape index (κ2) is 6.34. The summed E-state index contributed by atoms with van der Waals surface area (Å²) in [6.45, 7) is 3.45. The Balaban J connectivity index is 1.81. The van der Waals surface area contributed by atoms with Crippen molar-refractivity contribution in [2.24, 2.45) is 5.92 Å². The number of nitrogens with one attached hydrogen (secondary N) is 1. The van der Waals surface area contributed by atoms with Crippen LogP contribution in [0.3, 0.4) is 0 Å². The van der Waals surface area contributed by atoms with E-state index in [2.05, 4.69) is 5.32 Å². The Morgan fingerprint density at radius 1 is 1.32 bits per heavy atom. The van der Waals surface area contributed by atoms with Crippen LogP contribution in [0.1, 0.15) is 19.3 Å². The number of hydrogen-bond donors (Lipinski definition) is 2. The van der Waals surface area contributed by atoms with Crippen LogP contribution in [0.15, 0.2) is 0 Å². The highest BCUT2D eigenvalue weighted by atomic mass is 16.3. The smallest absolute Gasteiger partial charge is 0.312 e. The van der Waals surface area contributed by atoms with Gasteiger partial charge in [-0.2, -0.15) is 0 Å². The molecule has 1 aliphatic carbocycles. The average Bonchev–Trinajstić information content (AvgIpc) is 2.63. The number of aliphatic hydroxyl groups excluding tert-OH is 1. The fraction of sp³-hybridized carbons (Fsp3) is 0.846. The summed E-state index contributed by atoms with van der Waals surface area (Å²) in [5.74, 6) is -0.489. The van der Waals surface area contributed by atoms with Crippen LogP contribution in [-0.4, -0.2) is 72.6 Å². The molecule has 19 heavy (non-hydrogen) atoms. The first-order valence-corrected chi connectivity index (χ1v) is 7.01. The maximum atomic E-state index is 12.1. The number of carbonyl (C=O) groups is 2. The summed E-state index contributed by atoms with van der Waals surface area (Å²) in [6.07, 6.45) is 2.14. The molecule has 6 heteroatoms. The van der Waals surface area contributed by atoms with Crippen LogP contribution in [0.5, 0.6) is 0 Å². The molecule has 108 valence electrons. The van der Waals surface area contributed by atoms with E-state index < -0.39 is 11.8 Å². The zero-order chi connectivity index (χ0) is 13.8. The molecular weight excluding hydrogens is 246 g/mol. The van der Waals surface area contributed by atoms with Gasteiger partial charge in [-0.1, -0.05) is 0 Å². The van der Waals surface area contributed by atoms with Crippen LogP contribution >= 0.6 is 0 Å². The number of rotatable bonds is 2. The van der Waals surface area contributed by atoms with E-state index in [0.29, 0.717) is 25.6 Å². The number of likely N-dealkylation sites (N-methyl/N-ethyl adjacent to an activating group) is 1. The molecule has 0 atom stereocenters. The van der Waals surface area contributed by atoms with E-state index in [1.807, 2.05) is 0 Å². The van der Waals surface area contributed by atoms with Gasteiger partial charge in [-0.15, -0.1) is 0 Å². The average molecular weight is 269 g/mol. The highest BCUT2D eigenvalue weighted by Crippen LogP contribution is 2.27. The molecule has 0 radical (unpaired) electrons. The van der Waals surface area contributed by atoms with Crippen molar-refractivity contribution in [2.45, 2.75) is 25.4 Å². The number of amides is 2. The van der Waals surface area contributed by atoms with Gasteiger partial charge in [0.15, 0.2) is 0 Å². The fourth-order valence-corrected chi connectivity index (χ4v) is 2.67. The van der Waals surface area contributed by atoms with E-state index in [1.54, 1.807) is 11.9 Å². The fourth-order valence-electron chi connectivity index (χ4n) is 2.67. The van der Waals surface area contributed by atoms with Gasteiger partial charge in [-0.3, -0.25) is 9.59 Å². The largest absolute Gasteiger partial charge is 0.393 e. The SMILES string of the molecule is CN(CC1CC(O)C1)C(=O)C(=O)N1CCCNCC1. The molecule has 1 aliphatic heterocycles. The van der Waals surface area contributed by atoms with Gasteiger partial charge in [0.05, 0.1) is 6.10 Å². The van der Waals surface area contributed by atoms with Crippen molar-refractivity contribution >= 4 is 11.8 Å².